The molecule has 96 valence electrons. The summed E-state index contributed by atoms with van der Waals surface area (Å²) >= 11 is 1.08. The van der Waals surface area contributed by atoms with Crippen LogP contribution in [0.4, 0.5) is 0 Å². The van der Waals surface area contributed by atoms with E-state index in [-0.39, 0.29) is 23.3 Å². The molecule has 0 aromatic carbocycles. The number of aromatic carboxylic acids is 1. The van der Waals surface area contributed by atoms with E-state index in [1.165, 1.54) is 17.0 Å². The molecule has 0 bridgehead atoms. The highest BCUT2D eigenvalue weighted by molar-refractivity contribution is 7.99. The molecular formula is C11H11NO5S. The number of furan rings is 1. The van der Waals surface area contributed by atoms with Gasteiger partial charge in [-0.3, -0.25) is 14.5 Å². The van der Waals surface area contributed by atoms with Crippen molar-refractivity contribution >= 4 is 29.5 Å². The highest BCUT2D eigenvalue weighted by Crippen LogP contribution is 2.22. The summed E-state index contributed by atoms with van der Waals surface area (Å²) in [4.78, 5) is 34.8. The molecule has 0 radical (unpaired) electrons. The van der Waals surface area contributed by atoms with Crippen LogP contribution >= 0.6 is 11.8 Å². The minimum atomic E-state index is -1.15. The number of hydrogen-bond donors (Lipinski definition) is 1. The molecule has 1 fully saturated rings. The van der Waals surface area contributed by atoms with Crippen LogP contribution in [0.2, 0.25) is 0 Å². The van der Waals surface area contributed by atoms with Crippen molar-refractivity contribution < 1.29 is 23.9 Å². The van der Waals surface area contributed by atoms with Crippen molar-refractivity contribution in [2.45, 2.75) is 17.9 Å². The van der Waals surface area contributed by atoms with E-state index in [0.717, 1.165) is 11.8 Å². The van der Waals surface area contributed by atoms with Crippen LogP contribution in [0.15, 0.2) is 21.6 Å². The third-order valence-electron chi connectivity index (χ3n) is 2.50. The Balaban J connectivity index is 1.89. The van der Waals surface area contributed by atoms with Crippen molar-refractivity contribution in [3.8, 4) is 0 Å². The van der Waals surface area contributed by atoms with Crippen LogP contribution in [0.3, 0.4) is 0 Å². The van der Waals surface area contributed by atoms with Gasteiger partial charge in [0.25, 0.3) is 0 Å². The number of likely N-dealkylation sites (tertiary alicyclic amines) is 1. The summed E-state index contributed by atoms with van der Waals surface area (Å²) in [7, 11) is 0. The Kier molecular flexibility index (Phi) is 3.71. The van der Waals surface area contributed by atoms with Gasteiger partial charge in [0.2, 0.25) is 17.6 Å². The third kappa shape index (κ3) is 2.73. The second-order valence-corrected chi connectivity index (χ2v) is 4.73. The SMILES string of the molecule is O=C(O)c1ccc(SCC(=O)N2CCCC2=O)o1. The van der Waals surface area contributed by atoms with E-state index in [9.17, 15) is 14.4 Å². The fourth-order valence-corrected chi connectivity index (χ4v) is 2.37. The Morgan fingerprint density at radius 1 is 1.44 bits per heavy atom. The Bertz CT molecular complexity index is 495. The maximum absolute atomic E-state index is 11.7. The normalized spacial score (nSPS) is 15.1. The minimum absolute atomic E-state index is 0.0678. The molecule has 7 heteroatoms. The number of carboxylic acids is 1. The van der Waals surface area contributed by atoms with Crippen LogP contribution in [-0.4, -0.2) is 40.1 Å². The van der Waals surface area contributed by atoms with Crippen LogP contribution in [0, 0.1) is 0 Å². The summed E-state index contributed by atoms with van der Waals surface area (Å²) < 4.78 is 4.99. The highest BCUT2D eigenvalue weighted by atomic mass is 32.2. The molecule has 0 saturated carbocycles. The maximum Gasteiger partial charge on any atom is 0.371 e. The van der Waals surface area contributed by atoms with Gasteiger partial charge in [0.15, 0.2) is 5.09 Å². The first-order valence-corrected chi connectivity index (χ1v) is 6.35. The van der Waals surface area contributed by atoms with Crippen molar-refractivity contribution in [1.82, 2.24) is 4.90 Å². The van der Waals surface area contributed by atoms with Crippen LogP contribution in [0.5, 0.6) is 0 Å². The lowest BCUT2D eigenvalue weighted by molar-refractivity contribution is -0.140. The lowest BCUT2D eigenvalue weighted by Gasteiger charge is -2.12. The van der Waals surface area contributed by atoms with Crippen LogP contribution in [0.25, 0.3) is 0 Å². The first kappa shape index (κ1) is 12.7. The van der Waals surface area contributed by atoms with Gasteiger partial charge in [-0.05, 0) is 18.6 Å². The molecule has 0 spiro atoms. The lowest BCUT2D eigenvalue weighted by atomic mass is 10.4. The van der Waals surface area contributed by atoms with Gasteiger partial charge in [0.05, 0.1) is 5.75 Å². The molecule has 1 aromatic rings. The number of carbonyl (C=O) groups excluding carboxylic acids is 2. The number of imide groups is 1. The van der Waals surface area contributed by atoms with E-state index in [2.05, 4.69) is 0 Å². The molecule has 1 saturated heterocycles. The van der Waals surface area contributed by atoms with Crippen molar-refractivity contribution in [3.05, 3.63) is 17.9 Å². The molecule has 0 unspecified atom stereocenters. The van der Waals surface area contributed by atoms with E-state index in [4.69, 9.17) is 9.52 Å². The second kappa shape index (κ2) is 5.26. The van der Waals surface area contributed by atoms with Gasteiger partial charge >= 0.3 is 5.97 Å². The van der Waals surface area contributed by atoms with Gasteiger partial charge in [0.1, 0.15) is 0 Å². The third-order valence-corrected chi connectivity index (χ3v) is 3.40. The average Bonchev–Trinajstić information content (AvgIpc) is 2.94. The van der Waals surface area contributed by atoms with E-state index in [1.807, 2.05) is 0 Å². The highest BCUT2D eigenvalue weighted by Gasteiger charge is 2.26. The molecule has 0 aliphatic carbocycles. The summed E-state index contributed by atoms with van der Waals surface area (Å²) in [6.45, 7) is 0.469. The number of carbonyl (C=O) groups is 3. The predicted molar refractivity (Wildman–Crippen MR) is 62.3 cm³/mol. The summed E-state index contributed by atoms with van der Waals surface area (Å²) in [5.74, 6) is -1.66. The summed E-state index contributed by atoms with van der Waals surface area (Å²) in [5.41, 5.74) is 0. The first-order chi connectivity index (χ1) is 8.58. The number of nitrogens with zero attached hydrogens (tertiary/aromatic N) is 1. The number of carboxylic acid groups (broad SMARTS) is 1. The molecule has 1 aromatic heterocycles. The monoisotopic (exact) mass is 269 g/mol. The van der Waals surface area contributed by atoms with Gasteiger partial charge < -0.3 is 9.52 Å². The topological polar surface area (TPSA) is 87.8 Å². The minimum Gasteiger partial charge on any atom is -0.475 e. The van der Waals surface area contributed by atoms with Gasteiger partial charge in [-0.15, -0.1) is 0 Å². The first-order valence-electron chi connectivity index (χ1n) is 5.37. The Morgan fingerprint density at radius 2 is 2.22 bits per heavy atom. The van der Waals surface area contributed by atoms with Crippen molar-refractivity contribution in [3.63, 3.8) is 0 Å². The van der Waals surface area contributed by atoms with Gasteiger partial charge in [-0.2, -0.15) is 0 Å². The fraction of sp³-hybridized carbons (Fsp3) is 0.364. The fourth-order valence-electron chi connectivity index (χ4n) is 1.64. The van der Waals surface area contributed by atoms with Crippen LogP contribution in [-0.2, 0) is 9.59 Å². The number of rotatable bonds is 4. The summed E-state index contributed by atoms with van der Waals surface area (Å²) in [6, 6.07) is 2.82. The summed E-state index contributed by atoms with van der Waals surface area (Å²) in [6.07, 6.45) is 1.12. The van der Waals surface area contributed by atoms with Crippen LogP contribution < -0.4 is 0 Å². The van der Waals surface area contributed by atoms with E-state index in [0.29, 0.717) is 24.5 Å². The largest absolute Gasteiger partial charge is 0.475 e. The molecule has 0 atom stereocenters. The van der Waals surface area contributed by atoms with Gasteiger partial charge in [-0.25, -0.2) is 4.79 Å². The quantitative estimate of drug-likeness (QED) is 0.827. The summed E-state index contributed by atoms with van der Waals surface area (Å²) in [5, 5.41) is 9.01. The van der Waals surface area contributed by atoms with E-state index in [1.54, 1.807) is 0 Å². The molecule has 2 amide bonds. The zero-order valence-corrected chi connectivity index (χ0v) is 10.2. The number of thioether (sulfide) groups is 1. The predicted octanol–water partition coefficient (Wildman–Crippen LogP) is 1.22. The van der Waals surface area contributed by atoms with Crippen LogP contribution in [0.1, 0.15) is 23.4 Å². The Hall–Kier alpha value is -1.76. The smallest absolute Gasteiger partial charge is 0.371 e. The number of hydrogen-bond acceptors (Lipinski definition) is 5. The van der Waals surface area contributed by atoms with E-state index < -0.39 is 5.97 Å². The van der Waals surface area contributed by atoms with E-state index >= 15 is 0 Å². The second-order valence-electron chi connectivity index (χ2n) is 3.76. The van der Waals surface area contributed by atoms with Gasteiger partial charge in [0, 0.05) is 13.0 Å². The van der Waals surface area contributed by atoms with Crippen molar-refractivity contribution in [1.29, 1.82) is 0 Å². The van der Waals surface area contributed by atoms with Gasteiger partial charge in [-0.1, -0.05) is 11.8 Å². The van der Waals surface area contributed by atoms with Crippen molar-refractivity contribution in [2.24, 2.45) is 0 Å². The zero-order chi connectivity index (χ0) is 13.1. The van der Waals surface area contributed by atoms with Crippen molar-refractivity contribution in [2.75, 3.05) is 12.3 Å². The Morgan fingerprint density at radius 3 is 2.78 bits per heavy atom. The molecule has 1 aliphatic heterocycles. The molecule has 1 aliphatic rings. The average molecular weight is 269 g/mol. The molecule has 2 heterocycles. The molecule has 18 heavy (non-hydrogen) atoms. The standard InChI is InChI=1S/C11H11NO5S/c13-8-2-1-5-12(8)9(14)6-18-10-4-3-7(17-10)11(15)16/h3-4H,1-2,5-6H2,(H,15,16). The molecule has 2 rings (SSSR count). The lowest BCUT2D eigenvalue weighted by Crippen LogP contribution is -2.33. The molecule has 6 nitrogen and oxygen atoms in total. The zero-order valence-electron chi connectivity index (χ0n) is 9.42. The number of amides is 2. The molecule has 1 N–H and O–H groups in total. The molecular weight excluding hydrogens is 258 g/mol. The Labute approximate surface area is 107 Å². The maximum atomic E-state index is 11.7.